The quantitative estimate of drug-likeness (QED) is 0.754. The van der Waals surface area contributed by atoms with Crippen LogP contribution in [0.5, 0.6) is 5.75 Å². The van der Waals surface area contributed by atoms with E-state index in [0.717, 1.165) is 29.8 Å². The van der Waals surface area contributed by atoms with Gasteiger partial charge in [-0.1, -0.05) is 24.3 Å². The van der Waals surface area contributed by atoms with Crippen molar-refractivity contribution in [1.29, 1.82) is 0 Å². The monoisotopic (exact) mass is 366 g/mol. The van der Waals surface area contributed by atoms with E-state index in [1.807, 2.05) is 65.3 Å². The summed E-state index contributed by atoms with van der Waals surface area (Å²) < 4.78 is 5.18. The van der Waals surface area contributed by atoms with Gasteiger partial charge in [-0.15, -0.1) is 0 Å². The van der Waals surface area contributed by atoms with Crippen molar-refractivity contribution in [3.05, 3.63) is 65.2 Å². The average molecular weight is 366 g/mol. The van der Waals surface area contributed by atoms with Gasteiger partial charge >= 0.3 is 0 Å². The number of hydrogen-bond acceptors (Lipinski definition) is 3. The SMILES string of the molecule is CCN(Cc1ccc(OC)cc1)C(=O)c1cccc(CN2CCCC2=O)c1. The summed E-state index contributed by atoms with van der Waals surface area (Å²) in [4.78, 5) is 28.5. The summed E-state index contributed by atoms with van der Waals surface area (Å²) in [5.41, 5.74) is 2.72. The maximum atomic E-state index is 13.0. The van der Waals surface area contributed by atoms with Gasteiger partial charge in [0, 0.05) is 38.2 Å². The van der Waals surface area contributed by atoms with Crippen molar-refractivity contribution >= 4 is 11.8 Å². The molecule has 0 saturated carbocycles. The van der Waals surface area contributed by atoms with E-state index >= 15 is 0 Å². The van der Waals surface area contributed by atoms with E-state index in [0.29, 0.717) is 31.6 Å². The first kappa shape index (κ1) is 19.0. The number of carbonyl (C=O) groups is 2. The first-order chi connectivity index (χ1) is 13.1. The Morgan fingerprint density at radius 1 is 1.15 bits per heavy atom. The lowest BCUT2D eigenvalue weighted by Gasteiger charge is -2.22. The Morgan fingerprint density at radius 3 is 2.56 bits per heavy atom. The topological polar surface area (TPSA) is 49.9 Å². The number of amides is 2. The molecule has 1 aliphatic heterocycles. The molecule has 3 rings (SSSR count). The molecule has 0 spiro atoms. The van der Waals surface area contributed by atoms with Gasteiger partial charge in [0.25, 0.3) is 5.91 Å². The van der Waals surface area contributed by atoms with E-state index in [9.17, 15) is 9.59 Å². The second-order valence-corrected chi connectivity index (χ2v) is 6.79. The molecule has 142 valence electrons. The van der Waals surface area contributed by atoms with Gasteiger partial charge in [0.15, 0.2) is 0 Å². The number of carbonyl (C=O) groups excluding carboxylic acids is 2. The van der Waals surface area contributed by atoms with E-state index in [1.54, 1.807) is 7.11 Å². The molecule has 2 amide bonds. The molecule has 2 aromatic rings. The van der Waals surface area contributed by atoms with Crippen LogP contribution < -0.4 is 4.74 Å². The van der Waals surface area contributed by atoms with E-state index in [-0.39, 0.29) is 11.8 Å². The molecule has 2 aromatic carbocycles. The smallest absolute Gasteiger partial charge is 0.254 e. The molecule has 1 heterocycles. The highest BCUT2D eigenvalue weighted by Gasteiger charge is 2.21. The fourth-order valence-electron chi connectivity index (χ4n) is 3.36. The zero-order valence-corrected chi connectivity index (χ0v) is 16.0. The molecule has 0 atom stereocenters. The lowest BCUT2D eigenvalue weighted by Crippen LogP contribution is -2.30. The third kappa shape index (κ3) is 4.67. The summed E-state index contributed by atoms with van der Waals surface area (Å²) in [6.45, 7) is 4.53. The molecule has 1 saturated heterocycles. The van der Waals surface area contributed by atoms with Gasteiger partial charge in [0.2, 0.25) is 5.91 Å². The molecule has 0 aliphatic carbocycles. The maximum absolute atomic E-state index is 13.0. The van der Waals surface area contributed by atoms with Crippen LogP contribution in [-0.4, -0.2) is 41.8 Å². The molecular formula is C22H26N2O3. The molecule has 1 aliphatic rings. The lowest BCUT2D eigenvalue weighted by atomic mass is 10.1. The van der Waals surface area contributed by atoms with E-state index in [2.05, 4.69) is 0 Å². The van der Waals surface area contributed by atoms with Gasteiger partial charge in [-0.05, 0) is 48.7 Å². The maximum Gasteiger partial charge on any atom is 0.254 e. The summed E-state index contributed by atoms with van der Waals surface area (Å²) >= 11 is 0. The highest BCUT2D eigenvalue weighted by Crippen LogP contribution is 2.18. The van der Waals surface area contributed by atoms with Crippen LogP contribution >= 0.6 is 0 Å². The van der Waals surface area contributed by atoms with Gasteiger partial charge in [-0.25, -0.2) is 0 Å². The standard InChI is InChI=1S/C22H26N2O3/c1-3-23(15-17-9-11-20(27-2)12-10-17)22(26)19-7-4-6-18(14-19)16-24-13-5-8-21(24)25/h4,6-7,9-12,14H,3,5,8,13,15-16H2,1-2H3. The Labute approximate surface area is 160 Å². The first-order valence-corrected chi connectivity index (χ1v) is 9.39. The molecule has 0 unspecified atom stereocenters. The highest BCUT2D eigenvalue weighted by molar-refractivity contribution is 5.94. The summed E-state index contributed by atoms with van der Waals surface area (Å²) in [6.07, 6.45) is 1.55. The van der Waals surface area contributed by atoms with Crippen molar-refractivity contribution in [3.63, 3.8) is 0 Å². The second-order valence-electron chi connectivity index (χ2n) is 6.79. The minimum absolute atomic E-state index is 0.00270. The van der Waals surface area contributed by atoms with Gasteiger partial charge in [0.05, 0.1) is 7.11 Å². The van der Waals surface area contributed by atoms with Crippen LogP contribution in [-0.2, 0) is 17.9 Å². The Hall–Kier alpha value is -2.82. The zero-order chi connectivity index (χ0) is 19.2. The summed E-state index contributed by atoms with van der Waals surface area (Å²) in [6, 6.07) is 15.4. The van der Waals surface area contributed by atoms with Gasteiger partial charge < -0.3 is 14.5 Å². The van der Waals surface area contributed by atoms with Crippen molar-refractivity contribution < 1.29 is 14.3 Å². The van der Waals surface area contributed by atoms with Gasteiger partial charge in [-0.3, -0.25) is 9.59 Å². The molecule has 0 radical (unpaired) electrons. The molecule has 27 heavy (non-hydrogen) atoms. The normalized spacial score (nSPS) is 13.7. The Morgan fingerprint density at radius 2 is 1.93 bits per heavy atom. The van der Waals surface area contributed by atoms with E-state index < -0.39 is 0 Å². The van der Waals surface area contributed by atoms with Crippen molar-refractivity contribution in [1.82, 2.24) is 9.80 Å². The summed E-state index contributed by atoms with van der Waals surface area (Å²) in [5.74, 6) is 1.00. The van der Waals surface area contributed by atoms with Crippen LogP contribution in [0.3, 0.4) is 0 Å². The number of ether oxygens (including phenoxy) is 1. The summed E-state index contributed by atoms with van der Waals surface area (Å²) in [5, 5.41) is 0. The molecule has 5 nitrogen and oxygen atoms in total. The minimum atomic E-state index is 0.00270. The number of methoxy groups -OCH3 is 1. The minimum Gasteiger partial charge on any atom is -0.497 e. The molecule has 0 bridgehead atoms. The first-order valence-electron chi connectivity index (χ1n) is 9.39. The summed E-state index contributed by atoms with van der Waals surface area (Å²) in [7, 11) is 1.64. The Balaban J connectivity index is 1.70. The Bertz CT molecular complexity index is 801. The van der Waals surface area contributed by atoms with Crippen LogP contribution in [0.2, 0.25) is 0 Å². The van der Waals surface area contributed by atoms with Crippen LogP contribution in [0.25, 0.3) is 0 Å². The number of benzene rings is 2. The molecule has 5 heteroatoms. The number of nitrogens with zero attached hydrogens (tertiary/aromatic N) is 2. The van der Waals surface area contributed by atoms with Crippen molar-refractivity contribution in [2.24, 2.45) is 0 Å². The number of rotatable bonds is 7. The fraction of sp³-hybridized carbons (Fsp3) is 0.364. The number of hydrogen-bond donors (Lipinski definition) is 0. The highest BCUT2D eigenvalue weighted by atomic mass is 16.5. The van der Waals surface area contributed by atoms with Crippen LogP contribution in [0, 0.1) is 0 Å². The van der Waals surface area contributed by atoms with Crippen molar-refractivity contribution in [2.75, 3.05) is 20.2 Å². The van der Waals surface area contributed by atoms with E-state index in [4.69, 9.17) is 4.74 Å². The van der Waals surface area contributed by atoms with Crippen LogP contribution in [0.1, 0.15) is 41.3 Å². The van der Waals surface area contributed by atoms with E-state index in [1.165, 1.54) is 0 Å². The predicted molar refractivity (Wildman–Crippen MR) is 105 cm³/mol. The van der Waals surface area contributed by atoms with Crippen LogP contribution in [0.15, 0.2) is 48.5 Å². The Kier molecular flexibility index (Phi) is 6.12. The zero-order valence-electron chi connectivity index (χ0n) is 16.0. The second kappa shape index (κ2) is 8.71. The largest absolute Gasteiger partial charge is 0.497 e. The van der Waals surface area contributed by atoms with Crippen molar-refractivity contribution in [3.8, 4) is 5.75 Å². The third-order valence-corrected chi connectivity index (χ3v) is 4.92. The van der Waals surface area contributed by atoms with Gasteiger partial charge in [-0.2, -0.15) is 0 Å². The molecule has 1 fully saturated rings. The fourth-order valence-corrected chi connectivity index (χ4v) is 3.36. The van der Waals surface area contributed by atoms with Crippen molar-refractivity contribution in [2.45, 2.75) is 32.9 Å². The lowest BCUT2D eigenvalue weighted by molar-refractivity contribution is -0.128. The number of likely N-dealkylation sites (tertiary alicyclic amines) is 1. The molecular weight excluding hydrogens is 340 g/mol. The van der Waals surface area contributed by atoms with Crippen LogP contribution in [0.4, 0.5) is 0 Å². The molecule has 0 N–H and O–H groups in total. The van der Waals surface area contributed by atoms with Gasteiger partial charge in [0.1, 0.15) is 5.75 Å². The molecule has 0 aromatic heterocycles. The average Bonchev–Trinajstić information content (AvgIpc) is 3.10. The third-order valence-electron chi connectivity index (χ3n) is 4.92. The predicted octanol–water partition coefficient (Wildman–Crippen LogP) is 3.48.